The average Bonchev–Trinajstić information content (AvgIpc) is 1.93. The zero-order valence-corrected chi connectivity index (χ0v) is 13.4. The van der Waals surface area contributed by atoms with Gasteiger partial charge in [0.15, 0.2) is 0 Å². The molecule has 0 aromatic heterocycles. The molecule has 7 heteroatoms. The Morgan fingerprint density at radius 3 is 2.00 bits per heavy atom. The van der Waals surface area contributed by atoms with E-state index in [4.69, 9.17) is 15.4 Å². The number of rotatable bonds is 4. The minimum atomic E-state index is -3.59. The van der Waals surface area contributed by atoms with Crippen LogP contribution in [0.1, 0.15) is 34.6 Å². The van der Waals surface area contributed by atoms with Gasteiger partial charge in [0.2, 0.25) is 9.05 Å². The first-order valence-electron chi connectivity index (χ1n) is 5.58. The molecule has 0 rings (SSSR count). The molecule has 0 saturated heterocycles. The van der Waals surface area contributed by atoms with Gasteiger partial charge in [-0.3, -0.25) is 0 Å². The summed E-state index contributed by atoms with van der Waals surface area (Å²) in [5.74, 6) is -0.200. The number of ether oxygens (including phenoxy) is 1. The molecule has 0 aliphatic rings. The molecule has 5 nitrogen and oxygen atoms in total. The summed E-state index contributed by atoms with van der Waals surface area (Å²) in [5, 5.41) is 0. The summed E-state index contributed by atoms with van der Waals surface area (Å²) in [6, 6.07) is 0. The molecular formula is C11H22ClNO4S. The predicted molar refractivity (Wildman–Crippen MR) is 72.3 cm³/mol. The molecule has 0 atom stereocenters. The van der Waals surface area contributed by atoms with Crippen LogP contribution < -0.4 is 0 Å². The maximum Gasteiger partial charge on any atom is 0.410 e. The third-order valence-corrected chi connectivity index (χ3v) is 3.39. The molecule has 108 valence electrons. The van der Waals surface area contributed by atoms with E-state index < -0.39 is 26.2 Å². The Balaban J connectivity index is 4.56. The van der Waals surface area contributed by atoms with E-state index in [9.17, 15) is 13.2 Å². The SMILES string of the molecule is CN(CC(C)(C)CS(=O)(=O)Cl)C(=O)OC(C)(C)C. The molecular weight excluding hydrogens is 278 g/mol. The molecule has 1 amide bonds. The molecule has 0 saturated carbocycles. The van der Waals surface area contributed by atoms with Gasteiger partial charge in [-0.2, -0.15) is 0 Å². The van der Waals surface area contributed by atoms with Crippen molar-refractivity contribution in [3.8, 4) is 0 Å². The van der Waals surface area contributed by atoms with E-state index in [0.29, 0.717) is 0 Å². The lowest BCUT2D eigenvalue weighted by atomic mass is 9.96. The number of halogens is 1. The number of hydrogen-bond donors (Lipinski definition) is 0. The molecule has 0 N–H and O–H groups in total. The quantitative estimate of drug-likeness (QED) is 0.748. The smallest absolute Gasteiger partial charge is 0.410 e. The van der Waals surface area contributed by atoms with Gasteiger partial charge in [-0.1, -0.05) is 13.8 Å². The Kier molecular flexibility index (Phi) is 5.50. The summed E-state index contributed by atoms with van der Waals surface area (Å²) in [6.07, 6.45) is -0.484. The minimum absolute atomic E-state index is 0.200. The molecule has 0 heterocycles. The monoisotopic (exact) mass is 299 g/mol. The van der Waals surface area contributed by atoms with Crippen molar-refractivity contribution < 1.29 is 17.9 Å². The van der Waals surface area contributed by atoms with Crippen LogP contribution in [0.2, 0.25) is 0 Å². The van der Waals surface area contributed by atoms with Crippen molar-refractivity contribution in [3.63, 3.8) is 0 Å². The fourth-order valence-electron chi connectivity index (χ4n) is 1.56. The van der Waals surface area contributed by atoms with E-state index in [2.05, 4.69) is 0 Å². The summed E-state index contributed by atoms with van der Waals surface area (Å²) in [7, 11) is 3.20. The van der Waals surface area contributed by atoms with E-state index in [0.717, 1.165) is 0 Å². The highest BCUT2D eigenvalue weighted by atomic mass is 35.7. The van der Waals surface area contributed by atoms with Crippen molar-refractivity contribution in [1.82, 2.24) is 4.90 Å². The fraction of sp³-hybridized carbons (Fsp3) is 0.909. The molecule has 0 aromatic carbocycles. The molecule has 0 aliphatic heterocycles. The molecule has 0 spiro atoms. The van der Waals surface area contributed by atoms with E-state index in [-0.39, 0.29) is 12.3 Å². The Hall–Kier alpha value is -0.490. The third kappa shape index (κ3) is 8.58. The average molecular weight is 300 g/mol. The maximum atomic E-state index is 11.7. The van der Waals surface area contributed by atoms with Crippen molar-refractivity contribution >= 4 is 25.8 Å². The highest BCUT2D eigenvalue weighted by Crippen LogP contribution is 2.22. The standard InChI is InChI=1S/C11H22ClNO4S/c1-10(2,3)17-9(14)13(6)7-11(4,5)8-18(12,15)16/h7-8H2,1-6H3. The van der Waals surface area contributed by atoms with Crippen LogP contribution in [0, 0.1) is 5.41 Å². The lowest BCUT2D eigenvalue weighted by Crippen LogP contribution is -2.41. The van der Waals surface area contributed by atoms with Crippen LogP contribution in [0.3, 0.4) is 0 Å². The second kappa shape index (κ2) is 5.65. The summed E-state index contributed by atoms with van der Waals surface area (Å²) in [5.41, 5.74) is -1.21. The van der Waals surface area contributed by atoms with Gasteiger partial charge < -0.3 is 9.64 Å². The predicted octanol–water partition coefficient (Wildman–Crippen LogP) is 2.45. The lowest BCUT2D eigenvalue weighted by molar-refractivity contribution is 0.0247. The van der Waals surface area contributed by atoms with Crippen LogP contribution in [0.5, 0.6) is 0 Å². The first-order chi connectivity index (χ1) is 7.72. The van der Waals surface area contributed by atoms with Crippen LogP contribution in [-0.4, -0.2) is 44.4 Å². The van der Waals surface area contributed by atoms with Gasteiger partial charge >= 0.3 is 6.09 Å². The Morgan fingerprint density at radius 1 is 1.22 bits per heavy atom. The van der Waals surface area contributed by atoms with E-state index in [1.54, 1.807) is 41.7 Å². The zero-order chi connectivity index (χ0) is 14.8. The van der Waals surface area contributed by atoms with Crippen LogP contribution in [0.4, 0.5) is 4.79 Å². The highest BCUT2D eigenvalue weighted by molar-refractivity contribution is 8.13. The van der Waals surface area contributed by atoms with Crippen molar-refractivity contribution in [2.24, 2.45) is 5.41 Å². The summed E-state index contributed by atoms with van der Waals surface area (Å²) in [6.45, 7) is 9.02. The Labute approximate surface area is 114 Å². The third-order valence-electron chi connectivity index (χ3n) is 1.93. The van der Waals surface area contributed by atoms with Gasteiger partial charge in [0, 0.05) is 24.3 Å². The van der Waals surface area contributed by atoms with Gasteiger partial charge in [0.1, 0.15) is 5.60 Å². The number of amides is 1. The highest BCUT2D eigenvalue weighted by Gasteiger charge is 2.29. The van der Waals surface area contributed by atoms with E-state index in [1.165, 1.54) is 4.90 Å². The van der Waals surface area contributed by atoms with Crippen LogP contribution >= 0.6 is 10.7 Å². The summed E-state index contributed by atoms with van der Waals surface area (Å²) in [4.78, 5) is 13.1. The summed E-state index contributed by atoms with van der Waals surface area (Å²) >= 11 is 0. The molecule has 0 fully saturated rings. The zero-order valence-electron chi connectivity index (χ0n) is 11.8. The second-order valence-electron chi connectivity index (χ2n) is 6.18. The van der Waals surface area contributed by atoms with Crippen molar-refractivity contribution in [2.75, 3.05) is 19.3 Å². The Morgan fingerprint density at radius 2 is 1.67 bits per heavy atom. The lowest BCUT2D eigenvalue weighted by Gasteiger charge is -2.31. The largest absolute Gasteiger partial charge is 0.444 e. The van der Waals surface area contributed by atoms with Gasteiger partial charge in [-0.05, 0) is 26.2 Å². The number of hydrogen-bond acceptors (Lipinski definition) is 4. The fourth-order valence-corrected chi connectivity index (χ4v) is 3.47. The molecule has 0 aromatic rings. The van der Waals surface area contributed by atoms with Crippen molar-refractivity contribution in [1.29, 1.82) is 0 Å². The van der Waals surface area contributed by atoms with Gasteiger partial charge in [0.25, 0.3) is 0 Å². The number of carbonyl (C=O) groups excluding carboxylic acids is 1. The maximum absolute atomic E-state index is 11.7. The number of carbonyl (C=O) groups is 1. The Bertz CT molecular complexity index is 398. The first kappa shape index (κ1) is 17.5. The molecule has 0 unspecified atom stereocenters. The van der Waals surface area contributed by atoms with Crippen molar-refractivity contribution in [2.45, 2.75) is 40.2 Å². The summed E-state index contributed by atoms with van der Waals surface area (Å²) < 4.78 is 27.3. The second-order valence-corrected chi connectivity index (χ2v) is 8.96. The van der Waals surface area contributed by atoms with E-state index >= 15 is 0 Å². The number of nitrogens with zero attached hydrogens (tertiary/aromatic N) is 1. The first-order valence-corrected chi connectivity index (χ1v) is 8.06. The molecule has 0 bridgehead atoms. The van der Waals surface area contributed by atoms with Gasteiger partial charge in [0.05, 0.1) is 5.75 Å². The minimum Gasteiger partial charge on any atom is -0.444 e. The van der Waals surface area contributed by atoms with Gasteiger partial charge in [-0.25, -0.2) is 13.2 Å². The molecule has 18 heavy (non-hydrogen) atoms. The van der Waals surface area contributed by atoms with Crippen LogP contribution in [0.25, 0.3) is 0 Å². The van der Waals surface area contributed by atoms with E-state index in [1.807, 2.05) is 0 Å². The normalized spacial score (nSPS) is 13.3. The van der Waals surface area contributed by atoms with Crippen molar-refractivity contribution in [3.05, 3.63) is 0 Å². The molecule has 0 aliphatic carbocycles. The topological polar surface area (TPSA) is 63.7 Å². The van der Waals surface area contributed by atoms with Crippen LogP contribution in [0.15, 0.2) is 0 Å². The van der Waals surface area contributed by atoms with Crippen LogP contribution in [-0.2, 0) is 13.8 Å². The molecule has 0 radical (unpaired) electrons. The van der Waals surface area contributed by atoms with Gasteiger partial charge in [-0.15, -0.1) is 0 Å².